The van der Waals surface area contributed by atoms with Crippen LogP contribution in [0, 0.1) is 11.8 Å². The normalized spacial score (nSPS) is 35.2. The van der Waals surface area contributed by atoms with Crippen LogP contribution in [-0.2, 0) is 4.79 Å². The molecule has 0 bridgehead atoms. The average Bonchev–Trinajstić information content (AvgIpc) is 2.29. The molecule has 3 atom stereocenters. The molecule has 66 valence electrons. The van der Waals surface area contributed by atoms with Gasteiger partial charge in [-0.05, 0) is 0 Å². The number of ketones is 1. The number of hydrogen-bond donors (Lipinski definition) is 1. The Morgan fingerprint density at radius 3 is 2.75 bits per heavy atom. The molecule has 1 fully saturated rings. The Morgan fingerprint density at radius 1 is 1.67 bits per heavy atom. The first-order valence-corrected chi connectivity index (χ1v) is 8.24. The molecule has 0 radical (unpaired) electrons. The number of carbonyl (C=O) groups excluding carboxylic acids is 1. The number of Topliss-reactive ketones (excluding diaryl/α,β-unsaturated/α-hetero) is 1. The molecule has 0 saturated heterocycles. The second-order valence-corrected chi connectivity index (χ2v) is 7.70. The minimum absolute atomic E-state index is 0.308. The van der Waals surface area contributed by atoms with Crippen molar-refractivity contribution in [3.05, 3.63) is 0 Å². The fourth-order valence-electron chi connectivity index (χ4n) is 2.10. The Bertz CT molecular complexity index is 170. The standard InChI is InChI=1S/C8H13O.CH3O.Sn/c1-3-7-6(2)4-5-8(7)9;1-2;/h4,6-7H,3,5H2,1-2H3;2H,1H2;/q;;+2. The fraction of sp³-hybridized carbons (Fsp3) is 0.889. The van der Waals surface area contributed by atoms with E-state index in [9.17, 15) is 4.79 Å². The first-order chi connectivity index (χ1) is 5.70. The predicted molar refractivity (Wildman–Crippen MR) is 49.2 cm³/mol. The summed E-state index contributed by atoms with van der Waals surface area (Å²) in [7, 11) is 0. The number of carbonyl (C=O) groups is 1. The molecule has 0 heterocycles. The van der Waals surface area contributed by atoms with Crippen LogP contribution in [0.15, 0.2) is 0 Å². The van der Waals surface area contributed by atoms with Crippen molar-refractivity contribution in [2.24, 2.45) is 11.8 Å². The topological polar surface area (TPSA) is 37.3 Å². The molecule has 0 aromatic rings. The zero-order valence-corrected chi connectivity index (χ0v) is 10.6. The third-order valence-corrected chi connectivity index (χ3v) is 7.00. The summed E-state index contributed by atoms with van der Waals surface area (Å²) < 4.78 is 0.998. The van der Waals surface area contributed by atoms with Crippen LogP contribution in [0.25, 0.3) is 0 Å². The van der Waals surface area contributed by atoms with E-state index < -0.39 is 21.1 Å². The molecule has 3 unspecified atom stereocenters. The summed E-state index contributed by atoms with van der Waals surface area (Å²) >= 11 is -0.652. The Hall–Kier alpha value is 0.429. The van der Waals surface area contributed by atoms with Crippen molar-refractivity contribution in [1.29, 1.82) is 0 Å². The molecule has 0 spiro atoms. The van der Waals surface area contributed by atoms with Crippen LogP contribution in [0.1, 0.15) is 26.7 Å². The molecule has 1 rings (SSSR count). The molecule has 12 heavy (non-hydrogen) atoms. The van der Waals surface area contributed by atoms with Gasteiger partial charge in [-0.3, -0.25) is 0 Å². The Labute approximate surface area is 84.0 Å². The van der Waals surface area contributed by atoms with Crippen LogP contribution >= 0.6 is 0 Å². The average molecular weight is 275 g/mol. The van der Waals surface area contributed by atoms with Gasteiger partial charge in [0.25, 0.3) is 0 Å². The molecular formula is C9H16O2Sn+2. The van der Waals surface area contributed by atoms with Crippen molar-refractivity contribution < 1.29 is 9.90 Å². The van der Waals surface area contributed by atoms with Gasteiger partial charge < -0.3 is 0 Å². The summed E-state index contributed by atoms with van der Waals surface area (Å²) in [5.74, 6) is 1.31. The van der Waals surface area contributed by atoms with Crippen molar-refractivity contribution in [1.82, 2.24) is 0 Å². The van der Waals surface area contributed by atoms with Crippen molar-refractivity contribution in [2.75, 3.05) is 4.62 Å². The molecule has 3 heteroatoms. The summed E-state index contributed by atoms with van der Waals surface area (Å²) in [6, 6.07) is 0. The Morgan fingerprint density at radius 2 is 2.33 bits per heavy atom. The molecule has 1 aliphatic rings. The van der Waals surface area contributed by atoms with Crippen molar-refractivity contribution in [2.45, 2.75) is 30.6 Å². The van der Waals surface area contributed by atoms with E-state index in [1.807, 2.05) is 0 Å². The van der Waals surface area contributed by atoms with Crippen LogP contribution in [0.4, 0.5) is 0 Å². The van der Waals surface area contributed by atoms with E-state index in [4.69, 9.17) is 5.11 Å². The zero-order valence-electron chi connectivity index (χ0n) is 7.71. The van der Waals surface area contributed by atoms with Gasteiger partial charge in [-0.25, -0.2) is 0 Å². The second-order valence-electron chi connectivity index (χ2n) is 3.51. The molecule has 2 nitrogen and oxygen atoms in total. The van der Waals surface area contributed by atoms with E-state index in [1.165, 1.54) is 0 Å². The van der Waals surface area contributed by atoms with Gasteiger partial charge in [0.1, 0.15) is 0 Å². The van der Waals surface area contributed by atoms with Gasteiger partial charge in [-0.2, -0.15) is 0 Å². The van der Waals surface area contributed by atoms with Gasteiger partial charge in [0, 0.05) is 0 Å². The van der Waals surface area contributed by atoms with E-state index in [2.05, 4.69) is 13.8 Å². The minimum atomic E-state index is -0.652. The van der Waals surface area contributed by atoms with Crippen LogP contribution < -0.4 is 0 Å². The van der Waals surface area contributed by atoms with Gasteiger partial charge >= 0.3 is 83.9 Å². The monoisotopic (exact) mass is 276 g/mol. The van der Waals surface area contributed by atoms with Gasteiger partial charge in [0.2, 0.25) is 0 Å². The number of rotatable bonds is 3. The summed E-state index contributed by atoms with van der Waals surface area (Å²) in [4.78, 5) is 11.4. The summed E-state index contributed by atoms with van der Waals surface area (Å²) in [6.07, 6.45) is 1.76. The predicted octanol–water partition coefficient (Wildman–Crippen LogP) is 1.06. The van der Waals surface area contributed by atoms with E-state index in [0.29, 0.717) is 26.2 Å². The number of aliphatic hydroxyl groups is 1. The molecule has 0 aliphatic heterocycles. The van der Waals surface area contributed by atoms with Gasteiger partial charge in [0.05, 0.1) is 0 Å². The molecule has 1 saturated carbocycles. The maximum atomic E-state index is 11.4. The van der Waals surface area contributed by atoms with E-state index >= 15 is 0 Å². The van der Waals surface area contributed by atoms with Gasteiger partial charge in [-0.15, -0.1) is 0 Å². The first kappa shape index (κ1) is 10.5. The van der Waals surface area contributed by atoms with Crippen LogP contribution in [-0.4, -0.2) is 36.7 Å². The molecule has 0 aromatic carbocycles. The molecule has 1 N–H and O–H groups in total. The van der Waals surface area contributed by atoms with Crippen LogP contribution in [0.2, 0.25) is 3.93 Å². The van der Waals surface area contributed by atoms with E-state index in [0.717, 1.165) is 12.8 Å². The number of aliphatic hydroxyl groups excluding tert-OH is 1. The van der Waals surface area contributed by atoms with Crippen LogP contribution in [0.3, 0.4) is 0 Å². The third-order valence-electron chi connectivity index (χ3n) is 2.90. The van der Waals surface area contributed by atoms with Crippen molar-refractivity contribution >= 4 is 26.9 Å². The van der Waals surface area contributed by atoms with Gasteiger partial charge in [0.15, 0.2) is 0 Å². The quantitative estimate of drug-likeness (QED) is 0.782. The first-order valence-electron chi connectivity index (χ1n) is 4.57. The zero-order chi connectivity index (χ0) is 9.14. The van der Waals surface area contributed by atoms with Crippen molar-refractivity contribution in [3.63, 3.8) is 0 Å². The SMILES string of the molecule is CCC1C(=O)C[CH]([Sn+2][CH2]O)C1C. The van der Waals surface area contributed by atoms with Crippen molar-refractivity contribution in [3.8, 4) is 0 Å². The van der Waals surface area contributed by atoms with Crippen LogP contribution in [0.5, 0.6) is 0 Å². The Kier molecular flexibility index (Phi) is 4.03. The molecule has 0 amide bonds. The summed E-state index contributed by atoms with van der Waals surface area (Å²) in [6.45, 7) is 4.27. The summed E-state index contributed by atoms with van der Waals surface area (Å²) in [5.41, 5.74) is 0. The molecule has 1 aliphatic carbocycles. The third kappa shape index (κ3) is 2.02. The van der Waals surface area contributed by atoms with Gasteiger partial charge in [-0.1, -0.05) is 0 Å². The van der Waals surface area contributed by atoms with E-state index in [-0.39, 0.29) is 0 Å². The fourth-order valence-corrected chi connectivity index (χ4v) is 5.48. The number of hydrogen-bond acceptors (Lipinski definition) is 2. The van der Waals surface area contributed by atoms with E-state index in [1.54, 1.807) is 0 Å². The summed E-state index contributed by atoms with van der Waals surface area (Å²) in [5, 5.41) is 8.85. The Balaban J connectivity index is 2.55. The maximum absolute atomic E-state index is 11.4. The molecule has 0 aromatic heterocycles. The second kappa shape index (κ2) is 4.61. The molecular weight excluding hydrogens is 259 g/mol.